The van der Waals surface area contributed by atoms with E-state index < -0.39 is 0 Å². The van der Waals surface area contributed by atoms with Crippen LogP contribution >= 0.6 is 0 Å². The summed E-state index contributed by atoms with van der Waals surface area (Å²) < 4.78 is 5.54. The number of aliphatic hydroxyl groups excluding tert-OH is 1. The molecule has 3 nitrogen and oxygen atoms in total. The van der Waals surface area contributed by atoms with Gasteiger partial charge in [-0.1, -0.05) is 0 Å². The molecule has 1 atom stereocenters. The lowest BCUT2D eigenvalue weighted by atomic mass is 10.0. The van der Waals surface area contributed by atoms with Crippen molar-refractivity contribution in [1.82, 2.24) is 5.32 Å². The summed E-state index contributed by atoms with van der Waals surface area (Å²) in [5, 5.41) is 12.3. The summed E-state index contributed by atoms with van der Waals surface area (Å²) >= 11 is 0. The molecule has 0 aromatic rings. The third kappa shape index (κ3) is 4.40. The van der Waals surface area contributed by atoms with Crippen LogP contribution < -0.4 is 5.32 Å². The Labute approximate surface area is 86.8 Å². The lowest BCUT2D eigenvalue weighted by Gasteiger charge is -2.26. The fourth-order valence-corrected chi connectivity index (χ4v) is 1.81. The first-order valence-corrected chi connectivity index (χ1v) is 5.61. The molecule has 1 aliphatic heterocycles. The van der Waals surface area contributed by atoms with Gasteiger partial charge in [0.05, 0.1) is 6.10 Å². The summed E-state index contributed by atoms with van der Waals surface area (Å²) in [6, 6.07) is 0. The van der Waals surface area contributed by atoms with E-state index in [-0.39, 0.29) is 12.1 Å². The summed E-state index contributed by atoms with van der Waals surface area (Å²) in [5.74, 6) is 0. The minimum absolute atomic E-state index is 0.0490. The maximum Gasteiger partial charge on any atom is 0.0588 e. The average Bonchev–Trinajstić information content (AvgIpc) is 2.56. The van der Waals surface area contributed by atoms with E-state index in [0.29, 0.717) is 6.10 Å². The van der Waals surface area contributed by atoms with Gasteiger partial charge in [-0.2, -0.15) is 0 Å². The Kier molecular flexibility index (Phi) is 4.85. The van der Waals surface area contributed by atoms with Crippen molar-refractivity contribution >= 4 is 0 Å². The van der Waals surface area contributed by atoms with Crippen LogP contribution in [0, 0.1) is 0 Å². The van der Waals surface area contributed by atoms with Gasteiger partial charge in [-0.15, -0.1) is 0 Å². The molecule has 0 spiro atoms. The first-order chi connectivity index (χ1) is 6.64. The number of rotatable bonds is 6. The quantitative estimate of drug-likeness (QED) is 0.681. The van der Waals surface area contributed by atoms with Gasteiger partial charge in [0.15, 0.2) is 0 Å². The molecular formula is C11H23NO2. The van der Waals surface area contributed by atoms with Crippen molar-refractivity contribution < 1.29 is 9.84 Å². The number of nitrogens with one attached hydrogen (secondary N) is 1. The van der Waals surface area contributed by atoms with Crippen LogP contribution in [-0.4, -0.2) is 36.5 Å². The molecule has 1 fully saturated rings. The van der Waals surface area contributed by atoms with Crippen LogP contribution in [0.2, 0.25) is 0 Å². The highest BCUT2D eigenvalue weighted by Crippen LogP contribution is 2.15. The number of aliphatic hydroxyl groups is 1. The van der Waals surface area contributed by atoms with E-state index in [4.69, 9.17) is 9.84 Å². The highest BCUT2D eigenvalue weighted by molar-refractivity contribution is 4.77. The zero-order valence-electron chi connectivity index (χ0n) is 9.38. The SMILES string of the molecule is CC(C)(CCO)NCCC1CCCO1. The molecule has 0 aliphatic carbocycles. The average molecular weight is 201 g/mol. The second-order valence-corrected chi connectivity index (χ2v) is 4.71. The van der Waals surface area contributed by atoms with Crippen LogP contribution in [0.1, 0.15) is 39.5 Å². The van der Waals surface area contributed by atoms with Gasteiger partial charge in [0.1, 0.15) is 0 Å². The normalized spacial score (nSPS) is 22.9. The maximum absolute atomic E-state index is 8.85. The lowest BCUT2D eigenvalue weighted by Crippen LogP contribution is -2.41. The molecule has 0 saturated carbocycles. The molecule has 0 amide bonds. The van der Waals surface area contributed by atoms with Crippen LogP contribution in [0.4, 0.5) is 0 Å². The Hall–Kier alpha value is -0.120. The number of hydrogen-bond donors (Lipinski definition) is 2. The number of hydrogen-bond acceptors (Lipinski definition) is 3. The molecule has 1 aliphatic rings. The van der Waals surface area contributed by atoms with Gasteiger partial charge >= 0.3 is 0 Å². The minimum atomic E-state index is 0.0490. The Morgan fingerprint density at radius 2 is 2.29 bits per heavy atom. The van der Waals surface area contributed by atoms with Crippen molar-refractivity contribution in [2.75, 3.05) is 19.8 Å². The Balaban J connectivity index is 2.07. The smallest absolute Gasteiger partial charge is 0.0588 e. The topological polar surface area (TPSA) is 41.5 Å². The summed E-state index contributed by atoms with van der Waals surface area (Å²) in [6.07, 6.45) is 4.78. The molecular weight excluding hydrogens is 178 g/mol. The van der Waals surface area contributed by atoms with Gasteiger partial charge in [0.2, 0.25) is 0 Å². The van der Waals surface area contributed by atoms with E-state index in [1.807, 2.05) is 0 Å². The molecule has 0 aromatic heterocycles. The molecule has 0 bridgehead atoms. The largest absolute Gasteiger partial charge is 0.396 e. The summed E-state index contributed by atoms with van der Waals surface area (Å²) in [5.41, 5.74) is 0.0490. The van der Waals surface area contributed by atoms with Crippen molar-refractivity contribution in [3.8, 4) is 0 Å². The van der Waals surface area contributed by atoms with Crippen LogP contribution in [0.15, 0.2) is 0 Å². The molecule has 1 rings (SSSR count). The van der Waals surface area contributed by atoms with Gasteiger partial charge in [0, 0.05) is 18.8 Å². The summed E-state index contributed by atoms with van der Waals surface area (Å²) in [7, 11) is 0. The molecule has 1 saturated heterocycles. The Bertz CT molecular complexity index is 153. The van der Waals surface area contributed by atoms with Crippen molar-refractivity contribution in [1.29, 1.82) is 0 Å². The first-order valence-electron chi connectivity index (χ1n) is 5.61. The summed E-state index contributed by atoms with van der Waals surface area (Å²) in [4.78, 5) is 0. The van der Waals surface area contributed by atoms with Gasteiger partial charge in [-0.05, 0) is 46.1 Å². The van der Waals surface area contributed by atoms with E-state index in [9.17, 15) is 0 Å². The predicted octanol–water partition coefficient (Wildman–Crippen LogP) is 1.31. The molecule has 1 heterocycles. The van der Waals surface area contributed by atoms with E-state index in [2.05, 4.69) is 19.2 Å². The van der Waals surface area contributed by atoms with E-state index in [1.165, 1.54) is 12.8 Å². The van der Waals surface area contributed by atoms with Crippen LogP contribution in [-0.2, 0) is 4.74 Å². The monoisotopic (exact) mass is 201 g/mol. The maximum atomic E-state index is 8.85. The molecule has 0 aromatic carbocycles. The minimum Gasteiger partial charge on any atom is -0.396 e. The van der Waals surface area contributed by atoms with Crippen molar-refractivity contribution in [2.24, 2.45) is 0 Å². The van der Waals surface area contributed by atoms with E-state index >= 15 is 0 Å². The third-order valence-corrected chi connectivity index (χ3v) is 2.83. The lowest BCUT2D eigenvalue weighted by molar-refractivity contribution is 0.101. The van der Waals surface area contributed by atoms with Crippen LogP contribution in [0.5, 0.6) is 0 Å². The molecule has 2 N–H and O–H groups in total. The molecule has 3 heteroatoms. The van der Waals surface area contributed by atoms with Gasteiger partial charge < -0.3 is 15.2 Å². The second-order valence-electron chi connectivity index (χ2n) is 4.71. The zero-order chi connectivity index (χ0) is 10.4. The van der Waals surface area contributed by atoms with Crippen molar-refractivity contribution in [2.45, 2.75) is 51.2 Å². The highest BCUT2D eigenvalue weighted by atomic mass is 16.5. The third-order valence-electron chi connectivity index (χ3n) is 2.83. The van der Waals surface area contributed by atoms with Crippen LogP contribution in [0.3, 0.4) is 0 Å². The molecule has 14 heavy (non-hydrogen) atoms. The summed E-state index contributed by atoms with van der Waals surface area (Å²) in [6.45, 7) is 6.42. The molecule has 84 valence electrons. The second kappa shape index (κ2) is 5.69. The molecule has 0 radical (unpaired) electrons. The van der Waals surface area contributed by atoms with E-state index in [1.54, 1.807) is 0 Å². The number of ether oxygens (including phenoxy) is 1. The highest BCUT2D eigenvalue weighted by Gasteiger charge is 2.18. The fourth-order valence-electron chi connectivity index (χ4n) is 1.81. The van der Waals surface area contributed by atoms with Gasteiger partial charge in [0.25, 0.3) is 0 Å². The predicted molar refractivity (Wildman–Crippen MR) is 57.4 cm³/mol. The Morgan fingerprint density at radius 1 is 1.50 bits per heavy atom. The standard InChI is InChI=1S/C11H23NO2/c1-11(2,6-8-13)12-7-5-10-4-3-9-14-10/h10,12-13H,3-9H2,1-2H3. The first kappa shape index (κ1) is 12.0. The van der Waals surface area contributed by atoms with E-state index in [0.717, 1.165) is 26.0 Å². The zero-order valence-corrected chi connectivity index (χ0v) is 9.38. The van der Waals surface area contributed by atoms with Gasteiger partial charge in [-0.3, -0.25) is 0 Å². The van der Waals surface area contributed by atoms with Crippen LogP contribution in [0.25, 0.3) is 0 Å². The van der Waals surface area contributed by atoms with Gasteiger partial charge in [-0.25, -0.2) is 0 Å². The Morgan fingerprint density at radius 3 is 2.86 bits per heavy atom. The van der Waals surface area contributed by atoms with Crippen molar-refractivity contribution in [3.05, 3.63) is 0 Å². The van der Waals surface area contributed by atoms with Crippen molar-refractivity contribution in [3.63, 3.8) is 0 Å². The molecule has 1 unspecified atom stereocenters. The fraction of sp³-hybridized carbons (Fsp3) is 1.00.